The van der Waals surface area contributed by atoms with Crippen LogP contribution in [-0.4, -0.2) is 44.7 Å². The summed E-state index contributed by atoms with van der Waals surface area (Å²) in [5.41, 5.74) is 5.93. The third-order valence-corrected chi connectivity index (χ3v) is 5.78. The second-order valence-corrected chi connectivity index (χ2v) is 8.07. The van der Waals surface area contributed by atoms with Crippen molar-refractivity contribution >= 4 is 11.8 Å². The Bertz CT molecular complexity index is 1160. The maximum atomic E-state index is 12.8. The Hall–Kier alpha value is -3.55. The van der Waals surface area contributed by atoms with E-state index >= 15 is 0 Å². The summed E-state index contributed by atoms with van der Waals surface area (Å²) in [6, 6.07) is 8.33. The maximum absolute atomic E-state index is 12.8. The molecule has 1 aromatic carbocycles. The largest absolute Gasteiger partial charge is 0.355 e. The van der Waals surface area contributed by atoms with Crippen LogP contribution in [0.3, 0.4) is 0 Å². The van der Waals surface area contributed by atoms with Crippen molar-refractivity contribution in [3.05, 3.63) is 59.0 Å². The van der Waals surface area contributed by atoms with Gasteiger partial charge in [0.2, 0.25) is 5.91 Å². The second-order valence-electron chi connectivity index (χ2n) is 8.07. The predicted octanol–water partition coefficient (Wildman–Crippen LogP) is 2.17. The predicted molar refractivity (Wildman–Crippen MR) is 115 cm³/mol. The maximum Gasteiger partial charge on any atom is 0.254 e. The zero-order valence-corrected chi connectivity index (χ0v) is 17.4. The van der Waals surface area contributed by atoms with E-state index in [9.17, 15) is 9.59 Å². The fourth-order valence-electron chi connectivity index (χ4n) is 4.11. The van der Waals surface area contributed by atoms with E-state index in [-0.39, 0.29) is 17.7 Å². The van der Waals surface area contributed by atoms with Gasteiger partial charge in [-0.3, -0.25) is 9.59 Å². The molecule has 2 heterocycles. The lowest BCUT2D eigenvalue weighted by Gasteiger charge is -2.19. The number of aromatic nitrogens is 4. The van der Waals surface area contributed by atoms with Crippen LogP contribution in [0.5, 0.6) is 0 Å². The Labute approximate surface area is 180 Å². The number of nitrogens with zero attached hydrogens (tertiary/aromatic N) is 4. The second kappa shape index (κ2) is 7.94. The van der Waals surface area contributed by atoms with Crippen molar-refractivity contribution in [3.8, 4) is 17.2 Å². The zero-order valence-electron chi connectivity index (χ0n) is 17.4. The molecule has 5 rings (SSSR count). The van der Waals surface area contributed by atoms with Gasteiger partial charge in [0.25, 0.3) is 11.9 Å². The van der Waals surface area contributed by atoms with Gasteiger partial charge in [0.05, 0.1) is 23.1 Å². The van der Waals surface area contributed by atoms with Gasteiger partial charge >= 0.3 is 0 Å². The minimum Gasteiger partial charge on any atom is -0.355 e. The number of carbonyl (C=O) groups is 2. The Morgan fingerprint density at radius 1 is 1.06 bits per heavy atom. The number of nitrogens with one attached hydrogen (secondary N) is 2. The Balaban J connectivity index is 1.46. The molecule has 0 unspecified atom stereocenters. The molecule has 31 heavy (non-hydrogen) atoms. The number of hydrogen-bond acceptors (Lipinski definition) is 5. The molecule has 0 radical (unpaired) electrons. The molecule has 0 spiro atoms. The number of amides is 2. The SMILES string of the molecule is CC(=O)NCCNC(=O)c1cnn(-c2ncc3c(n2)-c2ccccc2CC3)c1C1CC1. The molecular formula is C23H24N6O2. The van der Waals surface area contributed by atoms with Crippen molar-refractivity contribution in [2.24, 2.45) is 0 Å². The molecule has 8 heteroatoms. The monoisotopic (exact) mass is 416 g/mol. The number of rotatable bonds is 6. The zero-order chi connectivity index (χ0) is 21.4. The summed E-state index contributed by atoms with van der Waals surface area (Å²) >= 11 is 0. The van der Waals surface area contributed by atoms with Gasteiger partial charge in [-0.2, -0.15) is 5.10 Å². The molecular weight excluding hydrogens is 392 g/mol. The van der Waals surface area contributed by atoms with Gasteiger partial charge in [0.1, 0.15) is 0 Å². The molecule has 0 atom stereocenters. The van der Waals surface area contributed by atoms with Gasteiger partial charge in [0, 0.05) is 37.7 Å². The molecule has 1 saturated carbocycles. The summed E-state index contributed by atoms with van der Waals surface area (Å²) in [6.07, 6.45) is 7.43. The van der Waals surface area contributed by atoms with Crippen molar-refractivity contribution in [3.63, 3.8) is 0 Å². The van der Waals surface area contributed by atoms with Gasteiger partial charge in [-0.25, -0.2) is 14.6 Å². The number of hydrogen-bond donors (Lipinski definition) is 2. The van der Waals surface area contributed by atoms with Crippen LogP contribution in [0, 0.1) is 0 Å². The lowest BCUT2D eigenvalue weighted by molar-refractivity contribution is -0.118. The van der Waals surface area contributed by atoms with Crippen molar-refractivity contribution < 1.29 is 9.59 Å². The van der Waals surface area contributed by atoms with Gasteiger partial charge in [-0.15, -0.1) is 0 Å². The van der Waals surface area contributed by atoms with Crippen LogP contribution < -0.4 is 10.6 Å². The third kappa shape index (κ3) is 3.81. The minimum atomic E-state index is -0.193. The Morgan fingerprint density at radius 2 is 1.84 bits per heavy atom. The average Bonchev–Trinajstić information content (AvgIpc) is 3.53. The van der Waals surface area contributed by atoms with E-state index in [4.69, 9.17) is 4.98 Å². The number of aryl methyl sites for hydroxylation is 2. The molecule has 2 amide bonds. The lowest BCUT2D eigenvalue weighted by Crippen LogP contribution is -2.33. The quantitative estimate of drug-likeness (QED) is 0.600. The molecule has 1 fully saturated rings. The van der Waals surface area contributed by atoms with Crippen LogP contribution in [0.25, 0.3) is 17.2 Å². The first-order valence-electron chi connectivity index (χ1n) is 10.7. The minimum absolute atomic E-state index is 0.119. The smallest absolute Gasteiger partial charge is 0.254 e. The van der Waals surface area contributed by atoms with E-state index < -0.39 is 0 Å². The topological polar surface area (TPSA) is 102 Å². The van der Waals surface area contributed by atoms with Gasteiger partial charge in [-0.05, 0) is 36.8 Å². The van der Waals surface area contributed by atoms with Crippen LogP contribution in [0.15, 0.2) is 36.7 Å². The van der Waals surface area contributed by atoms with E-state index in [1.807, 2.05) is 12.3 Å². The highest BCUT2D eigenvalue weighted by Gasteiger charge is 2.33. The molecule has 0 saturated heterocycles. The van der Waals surface area contributed by atoms with E-state index in [1.165, 1.54) is 12.5 Å². The molecule has 2 aliphatic carbocycles. The van der Waals surface area contributed by atoms with Gasteiger partial charge in [-0.1, -0.05) is 24.3 Å². The lowest BCUT2D eigenvalue weighted by atomic mass is 9.90. The van der Waals surface area contributed by atoms with E-state index in [2.05, 4.69) is 38.9 Å². The first-order valence-corrected chi connectivity index (χ1v) is 10.7. The highest BCUT2D eigenvalue weighted by molar-refractivity contribution is 5.95. The molecule has 2 aromatic heterocycles. The van der Waals surface area contributed by atoms with Crippen molar-refractivity contribution in [2.75, 3.05) is 13.1 Å². The molecule has 8 nitrogen and oxygen atoms in total. The normalized spacial score (nSPS) is 14.5. The van der Waals surface area contributed by atoms with Gasteiger partial charge in [0.15, 0.2) is 0 Å². The van der Waals surface area contributed by atoms with Crippen LogP contribution in [0.2, 0.25) is 0 Å². The first-order chi connectivity index (χ1) is 15.1. The summed E-state index contributed by atoms with van der Waals surface area (Å²) in [5.74, 6) is 0.467. The highest BCUT2D eigenvalue weighted by atomic mass is 16.2. The van der Waals surface area contributed by atoms with Crippen LogP contribution in [0.4, 0.5) is 0 Å². The fraction of sp³-hybridized carbons (Fsp3) is 0.348. The molecule has 3 aromatic rings. The van der Waals surface area contributed by atoms with Crippen LogP contribution in [0.1, 0.15) is 52.9 Å². The van der Waals surface area contributed by atoms with Crippen LogP contribution >= 0.6 is 0 Å². The summed E-state index contributed by atoms with van der Waals surface area (Å²) in [4.78, 5) is 33.2. The Kier molecular flexibility index (Phi) is 4.97. The van der Waals surface area contributed by atoms with Crippen LogP contribution in [-0.2, 0) is 17.6 Å². The average molecular weight is 416 g/mol. The van der Waals surface area contributed by atoms with Crippen molar-refractivity contribution in [1.29, 1.82) is 0 Å². The number of fused-ring (bicyclic) bond motifs is 3. The summed E-state index contributed by atoms with van der Waals surface area (Å²) < 4.78 is 1.72. The summed E-state index contributed by atoms with van der Waals surface area (Å²) in [5, 5.41) is 10.0. The third-order valence-electron chi connectivity index (χ3n) is 5.78. The van der Waals surface area contributed by atoms with Crippen molar-refractivity contribution in [2.45, 2.75) is 38.5 Å². The standard InChI is InChI=1S/C23H24N6O2/c1-14(30)24-10-11-25-22(31)19-13-27-29(21(19)16-7-8-16)23-26-12-17-9-6-15-4-2-3-5-18(15)20(17)28-23/h2-5,12-13,16H,6-11H2,1H3,(H,24,30)(H,25,31). The van der Waals surface area contributed by atoms with E-state index in [0.29, 0.717) is 24.6 Å². The van der Waals surface area contributed by atoms with Gasteiger partial charge < -0.3 is 10.6 Å². The molecule has 0 aliphatic heterocycles. The molecule has 158 valence electrons. The van der Waals surface area contributed by atoms with Crippen molar-refractivity contribution in [1.82, 2.24) is 30.4 Å². The highest BCUT2D eigenvalue weighted by Crippen LogP contribution is 2.42. The molecule has 2 aliphatic rings. The molecule has 0 bridgehead atoms. The Morgan fingerprint density at radius 3 is 2.65 bits per heavy atom. The molecule has 2 N–H and O–H groups in total. The number of carbonyl (C=O) groups excluding carboxylic acids is 2. The van der Waals surface area contributed by atoms with E-state index in [0.717, 1.165) is 48.2 Å². The summed E-state index contributed by atoms with van der Waals surface area (Å²) in [7, 11) is 0. The first kappa shape index (κ1) is 19.4. The summed E-state index contributed by atoms with van der Waals surface area (Å²) in [6.45, 7) is 2.20. The number of benzene rings is 1. The fourth-order valence-corrected chi connectivity index (χ4v) is 4.11. The van der Waals surface area contributed by atoms with E-state index in [1.54, 1.807) is 10.9 Å².